The van der Waals surface area contributed by atoms with Gasteiger partial charge in [0, 0.05) is 18.1 Å². The fourth-order valence-electron chi connectivity index (χ4n) is 3.34. The number of hydrogen-bond acceptors (Lipinski definition) is 3. The van der Waals surface area contributed by atoms with Gasteiger partial charge in [0.05, 0.1) is 6.04 Å². The smallest absolute Gasteiger partial charge is 0.241 e. The Labute approximate surface area is 170 Å². The number of benzene rings is 2. The molecular weight excluding hydrogens is 365 g/mol. The lowest BCUT2D eigenvalue weighted by Gasteiger charge is -2.19. The van der Waals surface area contributed by atoms with Crippen molar-refractivity contribution in [2.24, 2.45) is 5.92 Å². The highest BCUT2D eigenvalue weighted by Gasteiger charge is 2.25. The highest BCUT2D eigenvalue weighted by Crippen LogP contribution is 2.28. The minimum Gasteiger partial charge on any atom is -0.325 e. The van der Waals surface area contributed by atoms with Gasteiger partial charge in [0.15, 0.2) is 0 Å². The van der Waals surface area contributed by atoms with Crippen LogP contribution in [0.25, 0.3) is 11.1 Å². The quantitative estimate of drug-likeness (QED) is 0.599. The van der Waals surface area contributed by atoms with Crippen molar-refractivity contribution < 1.29 is 9.18 Å². The number of aromatic nitrogens is 1. The molecule has 0 aliphatic heterocycles. The first-order chi connectivity index (χ1) is 14.2. The fraction of sp³-hybridized carbons (Fsp3) is 0.250. The lowest BCUT2D eigenvalue weighted by atomic mass is 10.0. The van der Waals surface area contributed by atoms with E-state index >= 15 is 0 Å². The van der Waals surface area contributed by atoms with Crippen LogP contribution in [0.1, 0.15) is 18.4 Å². The Morgan fingerprint density at radius 2 is 1.83 bits per heavy atom. The van der Waals surface area contributed by atoms with Crippen LogP contribution in [0.2, 0.25) is 0 Å². The molecule has 1 atom stereocenters. The normalized spacial score (nSPS) is 14.4. The molecule has 1 fully saturated rings. The van der Waals surface area contributed by atoms with Gasteiger partial charge in [-0.05, 0) is 84.8 Å². The highest BCUT2D eigenvalue weighted by molar-refractivity contribution is 5.95. The molecule has 0 saturated heterocycles. The molecule has 1 aromatic heterocycles. The summed E-state index contributed by atoms with van der Waals surface area (Å²) in [4.78, 5) is 17.1. The molecule has 5 heteroatoms. The molecular formula is C24H24FN3O. The van der Waals surface area contributed by atoms with E-state index in [1.165, 1.54) is 25.0 Å². The number of rotatable bonds is 8. The van der Waals surface area contributed by atoms with Gasteiger partial charge in [-0.3, -0.25) is 9.78 Å². The molecule has 1 heterocycles. The summed E-state index contributed by atoms with van der Waals surface area (Å²) in [5.74, 6) is 0.253. The number of nitrogens with one attached hydrogen (secondary N) is 2. The SMILES string of the molecule is O=C(Nc1cccc(-c2ccncc2)c1)C(Cc1cccc(F)c1)NCC1CC1. The zero-order valence-corrected chi connectivity index (χ0v) is 16.1. The summed E-state index contributed by atoms with van der Waals surface area (Å²) in [7, 11) is 0. The van der Waals surface area contributed by atoms with Crippen LogP contribution in [-0.2, 0) is 11.2 Å². The number of anilines is 1. The average molecular weight is 389 g/mol. The van der Waals surface area contributed by atoms with Gasteiger partial charge in [-0.15, -0.1) is 0 Å². The Morgan fingerprint density at radius 3 is 2.59 bits per heavy atom. The Morgan fingerprint density at radius 1 is 1.03 bits per heavy atom. The molecule has 1 aliphatic rings. The Balaban J connectivity index is 1.48. The predicted molar refractivity (Wildman–Crippen MR) is 113 cm³/mol. The van der Waals surface area contributed by atoms with Gasteiger partial charge in [0.25, 0.3) is 0 Å². The molecule has 1 saturated carbocycles. The van der Waals surface area contributed by atoms with Crippen molar-refractivity contribution >= 4 is 11.6 Å². The maximum absolute atomic E-state index is 13.6. The average Bonchev–Trinajstić information content (AvgIpc) is 3.56. The van der Waals surface area contributed by atoms with Crippen molar-refractivity contribution in [2.45, 2.75) is 25.3 Å². The van der Waals surface area contributed by atoms with Crippen LogP contribution in [0.5, 0.6) is 0 Å². The van der Waals surface area contributed by atoms with Crippen molar-refractivity contribution in [3.05, 3.63) is 84.4 Å². The van der Waals surface area contributed by atoms with Crippen LogP contribution >= 0.6 is 0 Å². The van der Waals surface area contributed by atoms with Gasteiger partial charge in [-0.2, -0.15) is 0 Å². The number of hydrogen-bond donors (Lipinski definition) is 2. The maximum atomic E-state index is 13.6. The van der Waals surface area contributed by atoms with Gasteiger partial charge < -0.3 is 10.6 Å². The van der Waals surface area contributed by atoms with E-state index in [0.29, 0.717) is 12.3 Å². The summed E-state index contributed by atoms with van der Waals surface area (Å²) in [6, 6.07) is 17.6. The minimum absolute atomic E-state index is 0.109. The molecule has 0 bridgehead atoms. The largest absolute Gasteiger partial charge is 0.325 e. The van der Waals surface area contributed by atoms with Crippen LogP contribution < -0.4 is 10.6 Å². The molecule has 0 spiro atoms. The predicted octanol–water partition coefficient (Wildman–Crippen LogP) is 4.44. The minimum atomic E-state index is -0.415. The van der Waals surface area contributed by atoms with E-state index in [0.717, 1.165) is 28.9 Å². The molecule has 4 rings (SSSR count). The van der Waals surface area contributed by atoms with E-state index in [4.69, 9.17) is 0 Å². The molecule has 4 nitrogen and oxygen atoms in total. The first-order valence-electron chi connectivity index (χ1n) is 9.96. The van der Waals surface area contributed by atoms with E-state index in [9.17, 15) is 9.18 Å². The van der Waals surface area contributed by atoms with E-state index < -0.39 is 6.04 Å². The number of carbonyl (C=O) groups is 1. The third-order valence-electron chi connectivity index (χ3n) is 5.14. The van der Waals surface area contributed by atoms with E-state index in [2.05, 4.69) is 15.6 Å². The van der Waals surface area contributed by atoms with Gasteiger partial charge in [0.2, 0.25) is 5.91 Å². The number of halogens is 1. The van der Waals surface area contributed by atoms with Crippen LogP contribution in [-0.4, -0.2) is 23.5 Å². The van der Waals surface area contributed by atoms with Crippen LogP contribution in [0, 0.1) is 11.7 Å². The zero-order valence-electron chi connectivity index (χ0n) is 16.1. The molecule has 0 radical (unpaired) electrons. The molecule has 1 aliphatic carbocycles. The van der Waals surface area contributed by atoms with Crippen molar-refractivity contribution in [1.82, 2.24) is 10.3 Å². The van der Waals surface area contributed by atoms with Crippen molar-refractivity contribution in [3.63, 3.8) is 0 Å². The molecule has 3 aromatic rings. The summed E-state index contributed by atoms with van der Waals surface area (Å²) < 4.78 is 13.6. The van der Waals surface area contributed by atoms with Crippen LogP contribution in [0.3, 0.4) is 0 Å². The van der Waals surface area contributed by atoms with Gasteiger partial charge in [-0.25, -0.2) is 4.39 Å². The first kappa shape index (κ1) is 19.3. The molecule has 1 unspecified atom stereocenters. The summed E-state index contributed by atoms with van der Waals surface area (Å²) in [5, 5.41) is 6.39. The molecule has 1 amide bonds. The monoisotopic (exact) mass is 389 g/mol. The molecule has 2 aromatic carbocycles. The zero-order chi connectivity index (χ0) is 20.1. The highest BCUT2D eigenvalue weighted by atomic mass is 19.1. The first-order valence-corrected chi connectivity index (χ1v) is 9.96. The molecule has 148 valence electrons. The number of carbonyl (C=O) groups excluding carboxylic acids is 1. The number of nitrogens with zero attached hydrogens (tertiary/aromatic N) is 1. The topological polar surface area (TPSA) is 54.0 Å². The second-order valence-electron chi connectivity index (χ2n) is 7.54. The maximum Gasteiger partial charge on any atom is 0.241 e. The standard InChI is InChI=1S/C24H24FN3O/c25-21-5-1-3-18(13-21)14-23(27-16-17-7-8-17)24(29)28-22-6-2-4-20(15-22)19-9-11-26-12-10-19/h1-6,9-13,15,17,23,27H,7-8,14,16H2,(H,28,29). The number of pyridine rings is 1. The number of amides is 1. The van der Waals surface area contributed by atoms with Gasteiger partial charge in [0.1, 0.15) is 5.82 Å². The lowest BCUT2D eigenvalue weighted by molar-refractivity contribution is -0.118. The summed E-state index contributed by atoms with van der Waals surface area (Å²) >= 11 is 0. The van der Waals surface area contributed by atoms with E-state index in [-0.39, 0.29) is 11.7 Å². The fourth-order valence-corrected chi connectivity index (χ4v) is 3.34. The van der Waals surface area contributed by atoms with Crippen LogP contribution in [0.15, 0.2) is 73.1 Å². The van der Waals surface area contributed by atoms with Crippen molar-refractivity contribution in [3.8, 4) is 11.1 Å². The van der Waals surface area contributed by atoms with Crippen molar-refractivity contribution in [1.29, 1.82) is 0 Å². The third-order valence-corrected chi connectivity index (χ3v) is 5.14. The van der Waals surface area contributed by atoms with E-state index in [1.807, 2.05) is 42.5 Å². The molecule has 2 N–H and O–H groups in total. The summed E-state index contributed by atoms with van der Waals surface area (Å²) in [6.45, 7) is 0.810. The Kier molecular flexibility index (Phi) is 5.96. The Bertz CT molecular complexity index is 973. The van der Waals surface area contributed by atoms with Crippen molar-refractivity contribution in [2.75, 3.05) is 11.9 Å². The van der Waals surface area contributed by atoms with Gasteiger partial charge in [-0.1, -0.05) is 24.3 Å². The summed E-state index contributed by atoms with van der Waals surface area (Å²) in [5.41, 5.74) is 3.60. The van der Waals surface area contributed by atoms with Gasteiger partial charge >= 0.3 is 0 Å². The second kappa shape index (κ2) is 8.97. The third kappa shape index (κ3) is 5.48. The van der Waals surface area contributed by atoms with E-state index in [1.54, 1.807) is 18.5 Å². The second-order valence-corrected chi connectivity index (χ2v) is 7.54. The molecule has 29 heavy (non-hydrogen) atoms. The lowest BCUT2D eigenvalue weighted by Crippen LogP contribution is -2.43. The van der Waals surface area contributed by atoms with Crippen LogP contribution in [0.4, 0.5) is 10.1 Å². The summed E-state index contributed by atoms with van der Waals surface area (Å²) in [6.07, 6.45) is 6.35. The Hall–Kier alpha value is -3.05.